The van der Waals surface area contributed by atoms with E-state index in [0.29, 0.717) is 12.5 Å². The van der Waals surface area contributed by atoms with Crippen molar-refractivity contribution in [2.75, 3.05) is 6.54 Å². The van der Waals surface area contributed by atoms with E-state index in [4.69, 9.17) is 11.1 Å². The first-order chi connectivity index (χ1) is 11.7. The van der Waals surface area contributed by atoms with Gasteiger partial charge in [0.15, 0.2) is 0 Å². The third kappa shape index (κ3) is 4.33. The zero-order valence-electron chi connectivity index (χ0n) is 14.0. The molecule has 1 aliphatic rings. The molecule has 1 aliphatic heterocycles. The van der Waals surface area contributed by atoms with Crippen LogP contribution in [0.4, 0.5) is 0 Å². The van der Waals surface area contributed by atoms with Crippen LogP contribution in [-0.2, 0) is 0 Å². The minimum absolute atomic E-state index is 0.290. The van der Waals surface area contributed by atoms with Crippen LogP contribution in [0, 0.1) is 5.41 Å². The van der Waals surface area contributed by atoms with Gasteiger partial charge in [-0.1, -0.05) is 60.7 Å². The molecule has 4 N–H and O–H groups in total. The summed E-state index contributed by atoms with van der Waals surface area (Å²) in [5, 5.41) is 10.9. The predicted octanol–water partition coefficient (Wildman–Crippen LogP) is 4.21. The lowest BCUT2D eigenvalue weighted by Gasteiger charge is -2.24. The molecule has 0 saturated heterocycles. The second-order valence-corrected chi connectivity index (χ2v) is 6.40. The van der Waals surface area contributed by atoms with Gasteiger partial charge in [0, 0.05) is 19.0 Å². The maximum Gasteiger partial charge on any atom is 0.0905 e. The molecule has 0 amide bonds. The highest BCUT2D eigenvalue weighted by molar-refractivity contribution is 5.76. The summed E-state index contributed by atoms with van der Waals surface area (Å²) < 4.78 is 0. The SMILES string of the molecule is N=C(N)CCCC1CC(c2ccc(-c3ccccc3)cc2)=CCN1. The van der Waals surface area contributed by atoms with Crippen molar-refractivity contribution >= 4 is 11.4 Å². The smallest absolute Gasteiger partial charge is 0.0905 e. The highest BCUT2D eigenvalue weighted by atomic mass is 14.9. The van der Waals surface area contributed by atoms with Crippen LogP contribution in [0.25, 0.3) is 16.7 Å². The Hall–Kier alpha value is -2.39. The summed E-state index contributed by atoms with van der Waals surface area (Å²) >= 11 is 0. The first kappa shape index (κ1) is 16.5. The normalized spacial score (nSPS) is 17.3. The van der Waals surface area contributed by atoms with Crippen molar-refractivity contribution in [3.63, 3.8) is 0 Å². The number of benzene rings is 2. The average molecular weight is 319 g/mol. The van der Waals surface area contributed by atoms with Crippen LogP contribution in [-0.4, -0.2) is 18.4 Å². The van der Waals surface area contributed by atoms with Gasteiger partial charge in [-0.25, -0.2) is 0 Å². The van der Waals surface area contributed by atoms with Gasteiger partial charge >= 0.3 is 0 Å². The molecule has 1 atom stereocenters. The highest BCUT2D eigenvalue weighted by Gasteiger charge is 2.15. The Morgan fingerprint density at radius 3 is 2.38 bits per heavy atom. The second-order valence-electron chi connectivity index (χ2n) is 6.40. The molecule has 0 spiro atoms. The van der Waals surface area contributed by atoms with Gasteiger partial charge < -0.3 is 11.1 Å². The van der Waals surface area contributed by atoms with Crippen molar-refractivity contribution in [2.45, 2.75) is 31.7 Å². The van der Waals surface area contributed by atoms with Gasteiger partial charge in [0.05, 0.1) is 5.84 Å². The maximum absolute atomic E-state index is 7.32. The van der Waals surface area contributed by atoms with E-state index < -0.39 is 0 Å². The van der Waals surface area contributed by atoms with E-state index >= 15 is 0 Å². The lowest BCUT2D eigenvalue weighted by molar-refractivity contribution is 0.489. The Kier molecular flexibility index (Phi) is 5.44. The standard InChI is InChI=1S/C21H25N3/c22-21(23)8-4-7-20-15-19(13-14-24-20)18-11-9-17(10-12-18)16-5-2-1-3-6-16/h1-3,5-6,9-13,20,24H,4,7-8,14-15H2,(H3,22,23). The third-order valence-electron chi connectivity index (χ3n) is 4.58. The zero-order valence-corrected chi connectivity index (χ0v) is 14.0. The van der Waals surface area contributed by atoms with Crippen LogP contribution in [0.2, 0.25) is 0 Å². The van der Waals surface area contributed by atoms with E-state index in [-0.39, 0.29) is 5.84 Å². The Balaban J connectivity index is 1.64. The largest absolute Gasteiger partial charge is 0.388 e. The van der Waals surface area contributed by atoms with Gasteiger partial charge in [-0.2, -0.15) is 0 Å². The summed E-state index contributed by atoms with van der Waals surface area (Å²) in [6.45, 7) is 0.917. The lowest BCUT2D eigenvalue weighted by Crippen LogP contribution is -2.33. The molecule has 0 aromatic heterocycles. The quantitative estimate of drug-likeness (QED) is 0.552. The van der Waals surface area contributed by atoms with Crippen LogP contribution >= 0.6 is 0 Å². The Labute approximate surface area is 144 Å². The topological polar surface area (TPSA) is 61.9 Å². The number of amidine groups is 1. The molecule has 1 heterocycles. The molecule has 3 heteroatoms. The average Bonchev–Trinajstić information content (AvgIpc) is 2.63. The molecule has 1 unspecified atom stereocenters. The Morgan fingerprint density at radius 2 is 1.67 bits per heavy atom. The molecular formula is C21H25N3. The van der Waals surface area contributed by atoms with Crippen LogP contribution < -0.4 is 11.1 Å². The molecule has 2 aromatic carbocycles. The van der Waals surface area contributed by atoms with Crippen LogP contribution in [0.3, 0.4) is 0 Å². The predicted molar refractivity (Wildman–Crippen MR) is 102 cm³/mol. The molecule has 0 aliphatic carbocycles. The molecule has 3 nitrogen and oxygen atoms in total. The molecule has 0 saturated carbocycles. The minimum atomic E-state index is 0.290. The van der Waals surface area contributed by atoms with Crippen LogP contribution in [0.5, 0.6) is 0 Å². The van der Waals surface area contributed by atoms with Gasteiger partial charge in [0.2, 0.25) is 0 Å². The fourth-order valence-electron chi connectivity index (χ4n) is 3.26. The van der Waals surface area contributed by atoms with Crippen LogP contribution in [0.15, 0.2) is 60.7 Å². The number of hydrogen-bond acceptors (Lipinski definition) is 2. The van der Waals surface area contributed by atoms with Crippen molar-refractivity contribution in [3.8, 4) is 11.1 Å². The van der Waals surface area contributed by atoms with Gasteiger partial charge in [-0.15, -0.1) is 0 Å². The third-order valence-corrected chi connectivity index (χ3v) is 4.58. The van der Waals surface area contributed by atoms with E-state index in [1.165, 1.54) is 22.3 Å². The van der Waals surface area contributed by atoms with E-state index in [1.807, 2.05) is 6.07 Å². The van der Waals surface area contributed by atoms with E-state index in [9.17, 15) is 0 Å². The summed E-state index contributed by atoms with van der Waals surface area (Å²) in [6.07, 6.45) is 6.08. The summed E-state index contributed by atoms with van der Waals surface area (Å²) in [5.74, 6) is 0.290. The lowest BCUT2D eigenvalue weighted by atomic mass is 9.92. The Morgan fingerprint density at radius 1 is 1.00 bits per heavy atom. The monoisotopic (exact) mass is 319 g/mol. The molecule has 3 rings (SSSR count). The molecule has 124 valence electrons. The number of hydrogen-bond donors (Lipinski definition) is 3. The zero-order chi connectivity index (χ0) is 16.8. The summed E-state index contributed by atoms with van der Waals surface area (Å²) in [7, 11) is 0. The van der Waals surface area contributed by atoms with Crippen molar-refractivity contribution in [3.05, 3.63) is 66.2 Å². The first-order valence-electron chi connectivity index (χ1n) is 8.63. The second kappa shape index (κ2) is 7.93. The van der Waals surface area contributed by atoms with E-state index in [2.05, 4.69) is 59.9 Å². The molecule has 0 fully saturated rings. The van der Waals surface area contributed by atoms with Gasteiger partial charge in [0.1, 0.15) is 0 Å². The van der Waals surface area contributed by atoms with E-state index in [1.54, 1.807) is 0 Å². The first-order valence-corrected chi connectivity index (χ1v) is 8.63. The number of rotatable bonds is 6. The minimum Gasteiger partial charge on any atom is -0.388 e. The molecule has 2 aromatic rings. The number of nitrogens with one attached hydrogen (secondary N) is 2. The van der Waals surface area contributed by atoms with Crippen molar-refractivity contribution in [2.24, 2.45) is 5.73 Å². The van der Waals surface area contributed by atoms with Crippen molar-refractivity contribution in [1.82, 2.24) is 5.32 Å². The fourth-order valence-corrected chi connectivity index (χ4v) is 3.26. The summed E-state index contributed by atoms with van der Waals surface area (Å²) in [4.78, 5) is 0. The molecule has 0 radical (unpaired) electrons. The summed E-state index contributed by atoms with van der Waals surface area (Å²) in [6, 6.07) is 19.8. The van der Waals surface area contributed by atoms with Gasteiger partial charge in [-0.05, 0) is 41.5 Å². The Bertz CT molecular complexity index is 702. The van der Waals surface area contributed by atoms with Crippen molar-refractivity contribution < 1.29 is 0 Å². The van der Waals surface area contributed by atoms with Gasteiger partial charge in [0.25, 0.3) is 0 Å². The van der Waals surface area contributed by atoms with Gasteiger partial charge in [-0.3, -0.25) is 5.41 Å². The number of nitrogens with two attached hydrogens (primary N) is 1. The van der Waals surface area contributed by atoms with E-state index in [0.717, 1.165) is 25.8 Å². The fraction of sp³-hybridized carbons (Fsp3) is 0.286. The molecular weight excluding hydrogens is 294 g/mol. The summed E-state index contributed by atoms with van der Waals surface area (Å²) in [5.41, 5.74) is 10.7. The maximum atomic E-state index is 7.32. The highest BCUT2D eigenvalue weighted by Crippen LogP contribution is 2.27. The molecule has 24 heavy (non-hydrogen) atoms. The van der Waals surface area contributed by atoms with Crippen LogP contribution in [0.1, 0.15) is 31.2 Å². The van der Waals surface area contributed by atoms with Crippen molar-refractivity contribution in [1.29, 1.82) is 5.41 Å². The molecule has 0 bridgehead atoms.